The second kappa shape index (κ2) is 5.60. The van der Waals surface area contributed by atoms with Crippen molar-refractivity contribution in [2.45, 2.75) is 32.6 Å². The lowest BCUT2D eigenvalue weighted by Gasteiger charge is -2.28. The molecule has 3 heterocycles. The van der Waals surface area contributed by atoms with Gasteiger partial charge in [0.1, 0.15) is 5.76 Å². The fraction of sp³-hybridized carbons (Fsp3) is 0.462. The summed E-state index contributed by atoms with van der Waals surface area (Å²) in [5, 5.41) is 6.27. The number of rotatable bonds is 2. The summed E-state index contributed by atoms with van der Waals surface area (Å²) >= 11 is 0. The number of carbonyl (C=O) groups is 1. The van der Waals surface area contributed by atoms with E-state index >= 15 is 0 Å². The average molecular weight is 329 g/mol. The lowest BCUT2D eigenvalue weighted by atomic mass is 10.3. The Bertz CT molecular complexity index is 722. The van der Waals surface area contributed by atoms with E-state index in [4.69, 9.17) is 4.52 Å². The zero-order chi connectivity index (χ0) is 16.6. The minimum atomic E-state index is -4.50. The molecule has 0 atom stereocenters. The number of anilines is 1. The quantitative estimate of drug-likeness (QED) is 0.918. The van der Waals surface area contributed by atoms with Crippen molar-refractivity contribution < 1.29 is 22.5 Å². The molecule has 124 valence electrons. The number of alkyl halides is 3. The van der Waals surface area contributed by atoms with Crippen LogP contribution in [-0.2, 0) is 25.7 Å². The third kappa shape index (κ3) is 3.01. The van der Waals surface area contributed by atoms with Crippen LogP contribution >= 0.6 is 0 Å². The number of halogens is 3. The number of amides is 2. The van der Waals surface area contributed by atoms with E-state index in [-0.39, 0.29) is 25.5 Å². The Hall–Kier alpha value is -2.52. The Morgan fingerprint density at radius 1 is 1.43 bits per heavy atom. The van der Waals surface area contributed by atoms with Crippen LogP contribution in [0.1, 0.15) is 24.2 Å². The Morgan fingerprint density at radius 3 is 2.87 bits per heavy atom. The fourth-order valence-electron chi connectivity index (χ4n) is 2.41. The third-order valence-corrected chi connectivity index (χ3v) is 3.57. The van der Waals surface area contributed by atoms with E-state index < -0.39 is 18.0 Å². The highest BCUT2D eigenvalue weighted by Crippen LogP contribution is 2.30. The van der Waals surface area contributed by atoms with Crippen LogP contribution in [0.25, 0.3) is 0 Å². The van der Waals surface area contributed by atoms with Gasteiger partial charge in [-0.25, -0.2) is 9.78 Å². The van der Waals surface area contributed by atoms with Gasteiger partial charge < -0.3 is 14.0 Å². The first-order valence-corrected chi connectivity index (χ1v) is 7.01. The Labute approximate surface area is 129 Å². The van der Waals surface area contributed by atoms with Crippen molar-refractivity contribution in [3.8, 4) is 0 Å². The molecule has 0 bridgehead atoms. The lowest BCUT2D eigenvalue weighted by Crippen LogP contribution is -2.41. The Morgan fingerprint density at radius 2 is 2.22 bits per heavy atom. The maximum absolute atomic E-state index is 12.8. The molecule has 0 saturated carbocycles. The van der Waals surface area contributed by atoms with Gasteiger partial charge in [0, 0.05) is 25.6 Å². The van der Waals surface area contributed by atoms with Gasteiger partial charge in [-0.1, -0.05) is 12.1 Å². The monoisotopic (exact) mass is 329 g/mol. The predicted molar refractivity (Wildman–Crippen MR) is 72.5 cm³/mol. The molecule has 0 radical (unpaired) electrons. The summed E-state index contributed by atoms with van der Waals surface area (Å²) < 4.78 is 44.4. The molecule has 23 heavy (non-hydrogen) atoms. The second-order valence-electron chi connectivity index (χ2n) is 5.11. The number of fused-ring (bicyclic) bond motifs is 1. The van der Waals surface area contributed by atoms with Crippen molar-refractivity contribution in [1.29, 1.82) is 0 Å². The zero-order valence-corrected chi connectivity index (χ0v) is 12.2. The topological polar surface area (TPSA) is 76.2 Å². The van der Waals surface area contributed by atoms with Crippen LogP contribution in [0.4, 0.5) is 23.8 Å². The first kappa shape index (κ1) is 15.4. The van der Waals surface area contributed by atoms with Crippen LogP contribution in [0.5, 0.6) is 0 Å². The van der Waals surface area contributed by atoms with Crippen LogP contribution in [-0.4, -0.2) is 32.2 Å². The number of aromatic nitrogens is 3. The second-order valence-corrected chi connectivity index (χ2v) is 5.11. The van der Waals surface area contributed by atoms with Gasteiger partial charge in [0.15, 0.2) is 5.82 Å². The van der Waals surface area contributed by atoms with E-state index in [9.17, 15) is 18.0 Å². The summed E-state index contributed by atoms with van der Waals surface area (Å²) in [4.78, 5) is 17.0. The molecule has 0 saturated heterocycles. The van der Waals surface area contributed by atoms with Crippen LogP contribution < -0.4 is 5.32 Å². The van der Waals surface area contributed by atoms with Gasteiger partial charge in [0.05, 0.1) is 18.4 Å². The van der Waals surface area contributed by atoms with Crippen LogP contribution in [0, 0.1) is 0 Å². The van der Waals surface area contributed by atoms with Crippen molar-refractivity contribution in [2.75, 3.05) is 11.9 Å². The summed E-state index contributed by atoms with van der Waals surface area (Å²) in [7, 11) is 0. The molecule has 0 fully saturated rings. The first-order valence-electron chi connectivity index (χ1n) is 7.01. The molecule has 2 aromatic heterocycles. The lowest BCUT2D eigenvalue weighted by molar-refractivity contribution is -0.147. The molecule has 1 aliphatic rings. The molecule has 7 nitrogen and oxygen atoms in total. The van der Waals surface area contributed by atoms with Gasteiger partial charge in [0.2, 0.25) is 5.82 Å². The van der Waals surface area contributed by atoms with Gasteiger partial charge in [-0.05, 0) is 0 Å². The number of hydrogen-bond donors (Lipinski definition) is 1. The summed E-state index contributed by atoms with van der Waals surface area (Å²) in [5.74, 6) is -0.0228. The maximum atomic E-state index is 12.8. The van der Waals surface area contributed by atoms with E-state index in [1.807, 2.05) is 6.92 Å². The van der Waals surface area contributed by atoms with E-state index in [1.54, 1.807) is 6.07 Å². The third-order valence-electron chi connectivity index (χ3n) is 3.57. The minimum Gasteiger partial charge on any atom is -0.359 e. The zero-order valence-electron chi connectivity index (χ0n) is 12.2. The number of carbonyl (C=O) groups excluding carboxylic acids is 1. The molecule has 0 spiro atoms. The van der Waals surface area contributed by atoms with E-state index in [0.29, 0.717) is 17.9 Å². The largest absolute Gasteiger partial charge is 0.449 e. The molecule has 2 aromatic rings. The fourth-order valence-corrected chi connectivity index (χ4v) is 2.41. The van der Waals surface area contributed by atoms with Crippen molar-refractivity contribution in [2.24, 2.45) is 0 Å². The number of nitrogens with zero attached hydrogens (tertiary/aromatic N) is 4. The summed E-state index contributed by atoms with van der Waals surface area (Å²) in [6.07, 6.45) is -2.71. The van der Waals surface area contributed by atoms with Crippen LogP contribution in [0.3, 0.4) is 0 Å². The van der Waals surface area contributed by atoms with Crippen molar-refractivity contribution in [3.63, 3.8) is 0 Å². The standard InChI is InChI=1S/C13H14F3N5O2/c1-2-9-5-10(19-23-9)18-12(22)20-3-4-21-8(7-20)6-17-11(21)13(14,15)16/h5-6H,2-4,7H2,1H3,(H,18,19,22). The highest BCUT2D eigenvalue weighted by molar-refractivity contribution is 5.88. The molecule has 10 heteroatoms. The summed E-state index contributed by atoms with van der Waals surface area (Å²) in [6, 6.07) is 1.16. The van der Waals surface area contributed by atoms with E-state index in [0.717, 1.165) is 10.8 Å². The Balaban J connectivity index is 1.69. The molecule has 1 N–H and O–H groups in total. The van der Waals surface area contributed by atoms with Crippen LogP contribution in [0.15, 0.2) is 16.8 Å². The van der Waals surface area contributed by atoms with Crippen LogP contribution in [0.2, 0.25) is 0 Å². The number of nitrogens with one attached hydrogen (secondary N) is 1. The van der Waals surface area contributed by atoms with Crippen molar-refractivity contribution >= 4 is 11.8 Å². The molecular formula is C13H14F3N5O2. The average Bonchev–Trinajstić information content (AvgIpc) is 3.11. The van der Waals surface area contributed by atoms with Crippen molar-refractivity contribution in [3.05, 3.63) is 29.5 Å². The molecule has 3 rings (SSSR count). The predicted octanol–water partition coefficient (Wildman–Crippen LogP) is 2.50. The van der Waals surface area contributed by atoms with E-state index in [2.05, 4.69) is 15.5 Å². The molecule has 1 aliphatic heterocycles. The smallest absolute Gasteiger partial charge is 0.359 e. The molecular weight excluding hydrogens is 315 g/mol. The van der Waals surface area contributed by atoms with E-state index in [1.165, 1.54) is 4.90 Å². The van der Waals surface area contributed by atoms with Gasteiger partial charge >= 0.3 is 12.2 Å². The molecule has 0 unspecified atom stereocenters. The van der Waals surface area contributed by atoms with Gasteiger partial charge in [-0.15, -0.1) is 0 Å². The number of imidazole rings is 1. The highest BCUT2D eigenvalue weighted by Gasteiger charge is 2.38. The van der Waals surface area contributed by atoms with Gasteiger partial charge in [-0.2, -0.15) is 13.2 Å². The molecule has 2 amide bonds. The first-order chi connectivity index (χ1) is 10.9. The van der Waals surface area contributed by atoms with Gasteiger partial charge in [-0.3, -0.25) is 5.32 Å². The number of aryl methyl sites for hydroxylation is 1. The maximum Gasteiger partial charge on any atom is 0.449 e. The number of urea groups is 1. The number of hydrogen-bond acceptors (Lipinski definition) is 4. The normalized spacial score (nSPS) is 14.7. The minimum absolute atomic E-state index is 0.0383. The SMILES string of the molecule is CCc1cc(NC(=O)N2CCn3c(cnc3C(F)(F)F)C2)no1. The van der Waals surface area contributed by atoms with Crippen molar-refractivity contribution in [1.82, 2.24) is 19.6 Å². The summed E-state index contributed by atoms with van der Waals surface area (Å²) in [5.41, 5.74) is 0.341. The summed E-state index contributed by atoms with van der Waals surface area (Å²) in [6.45, 7) is 2.12. The Kier molecular flexibility index (Phi) is 3.74. The van der Waals surface area contributed by atoms with Gasteiger partial charge in [0.25, 0.3) is 0 Å². The molecule has 0 aromatic carbocycles. The highest BCUT2D eigenvalue weighted by atomic mass is 19.4. The molecule has 0 aliphatic carbocycles.